The van der Waals surface area contributed by atoms with Crippen molar-refractivity contribution >= 4 is 21.9 Å². The van der Waals surface area contributed by atoms with Gasteiger partial charge in [-0.2, -0.15) is 0 Å². The van der Waals surface area contributed by atoms with Gasteiger partial charge in [0.1, 0.15) is 5.82 Å². The van der Waals surface area contributed by atoms with Crippen molar-refractivity contribution in [1.82, 2.24) is 5.32 Å². The number of nitrogens with one attached hydrogen (secondary N) is 1. The average molecular weight is 422 g/mol. The maximum Gasteiger partial charge on any atom is 0.341 e. The Bertz CT molecular complexity index is 980. The molecular formula is C20H23FN2O5S. The normalized spacial score (nSPS) is 13.4. The molecule has 0 unspecified atom stereocenters. The van der Waals surface area contributed by atoms with Crippen LogP contribution in [0.3, 0.4) is 0 Å². The molecule has 29 heavy (non-hydrogen) atoms. The molecule has 0 spiro atoms. The van der Waals surface area contributed by atoms with Gasteiger partial charge in [-0.25, -0.2) is 22.7 Å². The fraction of sp³-hybridized carbons (Fsp3) is 0.300. The Labute approximate surface area is 169 Å². The van der Waals surface area contributed by atoms with Gasteiger partial charge in [0, 0.05) is 12.5 Å². The minimum atomic E-state index is -4.12. The molecular weight excluding hydrogens is 399 g/mol. The SMILES string of the molecule is CC[C@H](CNC(=O)[C@@H](C)OC(=O)c1cc(S(N)(=O)=O)ccc1F)c1ccccc1. The Morgan fingerprint density at radius 2 is 1.83 bits per heavy atom. The average Bonchev–Trinajstić information content (AvgIpc) is 2.68. The molecule has 0 heterocycles. The third kappa shape index (κ3) is 6.10. The lowest BCUT2D eigenvalue weighted by atomic mass is 9.96. The van der Waals surface area contributed by atoms with Crippen LogP contribution in [0.1, 0.15) is 42.1 Å². The van der Waals surface area contributed by atoms with Gasteiger partial charge in [0.15, 0.2) is 6.10 Å². The van der Waals surface area contributed by atoms with Crippen molar-refractivity contribution in [3.63, 3.8) is 0 Å². The van der Waals surface area contributed by atoms with Crippen molar-refractivity contribution in [3.05, 3.63) is 65.5 Å². The number of hydrogen-bond acceptors (Lipinski definition) is 5. The zero-order valence-electron chi connectivity index (χ0n) is 16.1. The third-order valence-corrected chi connectivity index (χ3v) is 5.34. The van der Waals surface area contributed by atoms with Gasteiger partial charge in [-0.05, 0) is 37.1 Å². The zero-order valence-corrected chi connectivity index (χ0v) is 16.9. The van der Waals surface area contributed by atoms with Gasteiger partial charge in [-0.15, -0.1) is 0 Å². The van der Waals surface area contributed by atoms with Crippen molar-refractivity contribution in [2.75, 3.05) is 6.54 Å². The van der Waals surface area contributed by atoms with Crippen molar-refractivity contribution in [2.24, 2.45) is 5.14 Å². The second kappa shape index (κ2) is 9.62. The number of hydrogen-bond donors (Lipinski definition) is 2. The van der Waals surface area contributed by atoms with E-state index in [1.165, 1.54) is 6.92 Å². The number of esters is 1. The summed E-state index contributed by atoms with van der Waals surface area (Å²) in [4.78, 5) is 24.0. The lowest BCUT2D eigenvalue weighted by Gasteiger charge is -2.18. The highest BCUT2D eigenvalue weighted by atomic mass is 32.2. The Hall–Kier alpha value is -2.78. The molecule has 9 heteroatoms. The third-order valence-electron chi connectivity index (χ3n) is 4.43. The van der Waals surface area contributed by atoms with Crippen molar-refractivity contribution in [1.29, 1.82) is 0 Å². The summed E-state index contributed by atoms with van der Waals surface area (Å²) in [6.07, 6.45) is -0.405. The molecule has 2 aromatic carbocycles. The van der Waals surface area contributed by atoms with Crippen LogP contribution in [0.5, 0.6) is 0 Å². The molecule has 2 atom stereocenters. The van der Waals surface area contributed by atoms with E-state index in [4.69, 9.17) is 9.88 Å². The number of halogens is 1. The predicted octanol–water partition coefficient (Wildman–Crippen LogP) is 2.33. The summed E-state index contributed by atoms with van der Waals surface area (Å²) in [7, 11) is -4.12. The van der Waals surface area contributed by atoms with E-state index in [1.807, 2.05) is 37.3 Å². The molecule has 0 aliphatic carbocycles. The Balaban J connectivity index is 2.01. The van der Waals surface area contributed by atoms with E-state index in [0.29, 0.717) is 6.54 Å². The summed E-state index contributed by atoms with van der Waals surface area (Å²) in [5, 5.41) is 7.70. The van der Waals surface area contributed by atoms with Gasteiger partial charge < -0.3 is 10.1 Å². The summed E-state index contributed by atoms with van der Waals surface area (Å²) in [5.41, 5.74) is 0.453. The fourth-order valence-corrected chi connectivity index (χ4v) is 3.25. The molecule has 2 rings (SSSR count). The molecule has 7 nitrogen and oxygen atoms in total. The van der Waals surface area contributed by atoms with Crippen molar-refractivity contribution < 1.29 is 27.1 Å². The second-order valence-corrected chi connectivity index (χ2v) is 8.06. The number of carbonyl (C=O) groups excluding carboxylic acids is 2. The van der Waals surface area contributed by atoms with Gasteiger partial charge in [-0.3, -0.25) is 4.79 Å². The first-order valence-electron chi connectivity index (χ1n) is 8.99. The number of nitrogens with two attached hydrogens (primary N) is 1. The van der Waals surface area contributed by atoms with Crippen LogP contribution in [0.15, 0.2) is 53.4 Å². The monoisotopic (exact) mass is 422 g/mol. The molecule has 1 amide bonds. The maximum atomic E-state index is 13.9. The molecule has 0 aliphatic rings. The molecule has 0 aliphatic heterocycles. The van der Waals surface area contributed by atoms with E-state index < -0.39 is 44.3 Å². The first kappa shape index (κ1) is 22.5. The maximum absolute atomic E-state index is 13.9. The topological polar surface area (TPSA) is 116 Å². The molecule has 0 aromatic heterocycles. The first-order valence-corrected chi connectivity index (χ1v) is 10.5. The fourth-order valence-electron chi connectivity index (χ4n) is 2.71. The van der Waals surface area contributed by atoms with Crippen LogP contribution in [0, 0.1) is 5.82 Å². The highest BCUT2D eigenvalue weighted by Crippen LogP contribution is 2.18. The highest BCUT2D eigenvalue weighted by molar-refractivity contribution is 7.89. The quantitative estimate of drug-likeness (QED) is 0.634. The van der Waals surface area contributed by atoms with Crippen LogP contribution in [0.25, 0.3) is 0 Å². The van der Waals surface area contributed by atoms with Gasteiger partial charge in [0.2, 0.25) is 10.0 Å². The predicted molar refractivity (Wildman–Crippen MR) is 105 cm³/mol. The summed E-state index contributed by atoms with van der Waals surface area (Å²) in [5.74, 6) is -2.60. The van der Waals surface area contributed by atoms with Crippen LogP contribution in [0.4, 0.5) is 4.39 Å². The highest BCUT2D eigenvalue weighted by Gasteiger charge is 2.23. The molecule has 0 saturated heterocycles. The largest absolute Gasteiger partial charge is 0.449 e. The minimum absolute atomic E-state index is 0.0898. The lowest BCUT2D eigenvalue weighted by Crippen LogP contribution is -2.38. The molecule has 0 radical (unpaired) electrons. The van der Waals surface area contributed by atoms with E-state index in [1.54, 1.807) is 0 Å². The lowest BCUT2D eigenvalue weighted by molar-refractivity contribution is -0.129. The smallest absolute Gasteiger partial charge is 0.341 e. The minimum Gasteiger partial charge on any atom is -0.449 e. The summed E-state index contributed by atoms with van der Waals surface area (Å²) in [6, 6.07) is 12.2. The Morgan fingerprint density at radius 1 is 1.17 bits per heavy atom. The van der Waals surface area contributed by atoms with E-state index >= 15 is 0 Å². The number of ether oxygens (including phenoxy) is 1. The molecule has 2 aromatic rings. The number of primary sulfonamides is 1. The Morgan fingerprint density at radius 3 is 2.41 bits per heavy atom. The van der Waals surface area contributed by atoms with Gasteiger partial charge >= 0.3 is 5.97 Å². The van der Waals surface area contributed by atoms with Crippen LogP contribution in [0.2, 0.25) is 0 Å². The molecule has 3 N–H and O–H groups in total. The number of sulfonamides is 1. The Kier molecular flexibility index (Phi) is 7.46. The number of carbonyl (C=O) groups is 2. The molecule has 156 valence electrons. The van der Waals surface area contributed by atoms with E-state index in [-0.39, 0.29) is 5.92 Å². The van der Waals surface area contributed by atoms with E-state index in [2.05, 4.69) is 5.32 Å². The zero-order chi connectivity index (χ0) is 21.6. The molecule has 0 fully saturated rings. The summed E-state index contributed by atoms with van der Waals surface area (Å²) >= 11 is 0. The standard InChI is InChI=1S/C20H23FN2O5S/c1-3-14(15-7-5-4-6-8-15)12-23-19(24)13(2)28-20(25)17-11-16(29(22,26)27)9-10-18(17)21/h4-11,13-14H,3,12H2,1-2H3,(H,23,24)(H2,22,26,27)/t13-,14-/m1/s1. The van der Waals surface area contributed by atoms with Gasteiger partial charge in [0.25, 0.3) is 5.91 Å². The van der Waals surface area contributed by atoms with Gasteiger partial charge in [0.05, 0.1) is 10.5 Å². The van der Waals surface area contributed by atoms with Crippen molar-refractivity contribution in [3.8, 4) is 0 Å². The van der Waals surface area contributed by atoms with Crippen LogP contribution < -0.4 is 10.5 Å². The van der Waals surface area contributed by atoms with Crippen LogP contribution in [-0.4, -0.2) is 32.9 Å². The molecule has 0 bridgehead atoms. The molecule has 0 saturated carbocycles. The number of rotatable bonds is 8. The van der Waals surface area contributed by atoms with Crippen LogP contribution >= 0.6 is 0 Å². The van der Waals surface area contributed by atoms with E-state index in [9.17, 15) is 22.4 Å². The first-order chi connectivity index (χ1) is 13.6. The summed E-state index contributed by atoms with van der Waals surface area (Å²) in [6.45, 7) is 3.68. The van der Waals surface area contributed by atoms with E-state index in [0.717, 1.165) is 30.2 Å². The summed E-state index contributed by atoms with van der Waals surface area (Å²) < 4.78 is 41.7. The van der Waals surface area contributed by atoms with Crippen molar-refractivity contribution in [2.45, 2.75) is 37.2 Å². The second-order valence-electron chi connectivity index (χ2n) is 6.50. The van der Waals surface area contributed by atoms with Gasteiger partial charge in [-0.1, -0.05) is 37.3 Å². The number of benzene rings is 2. The number of amides is 1. The van der Waals surface area contributed by atoms with Crippen LogP contribution in [-0.2, 0) is 19.6 Å².